The molecule has 0 fully saturated rings. The Labute approximate surface area is 141 Å². The van der Waals surface area contributed by atoms with Crippen molar-refractivity contribution in [1.29, 1.82) is 0 Å². The van der Waals surface area contributed by atoms with Gasteiger partial charge >= 0.3 is 0 Å². The molecule has 0 amide bonds. The standard InChI is InChI=1S/C15H6ClF5N4/c16-14-6-3-1-2-4-7(6)15(25-23-14)24-22-5-8-9(17)11(19)13(21)12(20)10(8)18/h1-5H,(H,24,25)/b22-5+. The monoisotopic (exact) mass is 372 g/mol. The zero-order valence-corrected chi connectivity index (χ0v) is 12.8. The molecule has 0 aliphatic carbocycles. The highest BCUT2D eigenvalue weighted by Crippen LogP contribution is 2.26. The van der Waals surface area contributed by atoms with Gasteiger partial charge in [-0.1, -0.05) is 35.9 Å². The quantitative estimate of drug-likeness (QED) is 0.243. The van der Waals surface area contributed by atoms with E-state index in [0.29, 0.717) is 17.0 Å². The number of hydrogen-bond acceptors (Lipinski definition) is 4. The molecule has 0 spiro atoms. The number of anilines is 1. The third-order valence-electron chi connectivity index (χ3n) is 3.25. The summed E-state index contributed by atoms with van der Waals surface area (Å²) in [5.41, 5.74) is 1.15. The molecule has 0 atom stereocenters. The highest BCUT2D eigenvalue weighted by atomic mass is 35.5. The Kier molecular flexibility index (Phi) is 4.49. The molecule has 0 saturated heterocycles. The van der Waals surface area contributed by atoms with E-state index < -0.39 is 34.6 Å². The van der Waals surface area contributed by atoms with Gasteiger partial charge in [-0.3, -0.25) is 5.43 Å². The highest BCUT2D eigenvalue weighted by Gasteiger charge is 2.24. The molecule has 0 saturated carbocycles. The van der Waals surface area contributed by atoms with Gasteiger partial charge in [0.1, 0.15) is 0 Å². The van der Waals surface area contributed by atoms with Gasteiger partial charge < -0.3 is 0 Å². The maximum atomic E-state index is 13.5. The Morgan fingerprint density at radius 3 is 2.04 bits per heavy atom. The third kappa shape index (κ3) is 2.98. The van der Waals surface area contributed by atoms with Crippen LogP contribution in [0.25, 0.3) is 10.8 Å². The van der Waals surface area contributed by atoms with Crippen LogP contribution >= 0.6 is 11.6 Å². The maximum Gasteiger partial charge on any atom is 0.200 e. The predicted octanol–water partition coefficient (Wildman–Crippen LogP) is 4.42. The molecule has 1 N–H and O–H groups in total. The first kappa shape index (κ1) is 17.0. The molecule has 1 heterocycles. The van der Waals surface area contributed by atoms with E-state index in [1.165, 1.54) is 0 Å². The van der Waals surface area contributed by atoms with Crippen molar-refractivity contribution in [2.24, 2.45) is 5.10 Å². The number of nitrogens with zero attached hydrogens (tertiary/aromatic N) is 3. The lowest BCUT2D eigenvalue weighted by molar-refractivity contribution is 0.377. The minimum absolute atomic E-state index is 0.0834. The molecule has 0 bridgehead atoms. The summed E-state index contributed by atoms with van der Waals surface area (Å²) in [6, 6.07) is 6.68. The predicted molar refractivity (Wildman–Crippen MR) is 82.0 cm³/mol. The van der Waals surface area contributed by atoms with Crippen LogP contribution in [-0.4, -0.2) is 16.4 Å². The SMILES string of the molecule is Fc1c(F)c(F)c(/C=N/Nc2nnc(Cl)c3ccccc23)c(F)c1F. The normalized spacial score (nSPS) is 11.4. The van der Waals surface area contributed by atoms with E-state index in [-0.39, 0.29) is 11.0 Å². The van der Waals surface area contributed by atoms with Crippen LogP contribution in [0.1, 0.15) is 5.56 Å². The Morgan fingerprint density at radius 1 is 0.840 bits per heavy atom. The van der Waals surface area contributed by atoms with Crippen molar-refractivity contribution in [3.8, 4) is 0 Å². The van der Waals surface area contributed by atoms with Crippen molar-refractivity contribution < 1.29 is 22.0 Å². The fourth-order valence-electron chi connectivity index (χ4n) is 2.05. The van der Waals surface area contributed by atoms with Gasteiger partial charge in [0.25, 0.3) is 0 Å². The molecule has 0 unspecified atom stereocenters. The van der Waals surface area contributed by atoms with Gasteiger partial charge in [-0.15, -0.1) is 10.2 Å². The molecule has 0 aliphatic rings. The zero-order chi connectivity index (χ0) is 18.1. The summed E-state index contributed by atoms with van der Waals surface area (Å²) in [5, 5.41) is 12.0. The Hall–Kier alpha value is -2.81. The summed E-state index contributed by atoms with van der Waals surface area (Å²) in [4.78, 5) is 0. The van der Waals surface area contributed by atoms with Gasteiger partial charge in [0.2, 0.25) is 5.82 Å². The molecule has 3 rings (SSSR count). The van der Waals surface area contributed by atoms with Crippen LogP contribution in [0.5, 0.6) is 0 Å². The number of fused-ring (bicyclic) bond motifs is 1. The highest BCUT2D eigenvalue weighted by molar-refractivity contribution is 6.34. The van der Waals surface area contributed by atoms with Gasteiger partial charge in [-0.2, -0.15) is 5.10 Å². The van der Waals surface area contributed by atoms with Crippen molar-refractivity contribution in [2.75, 3.05) is 5.43 Å². The van der Waals surface area contributed by atoms with Crippen LogP contribution in [0, 0.1) is 29.1 Å². The molecule has 0 aliphatic heterocycles. The first-order chi connectivity index (χ1) is 11.9. The van der Waals surface area contributed by atoms with Gasteiger partial charge in [0.15, 0.2) is 34.2 Å². The average Bonchev–Trinajstić information content (AvgIpc) is 2.63. The lowest BCUT2D eigenvalue weighted by Gasteiger charge is -2.06. The largest absolute Gasteiger partial charge is 0.259 e. The lowest BCUT2D eigenvalue weighted by atomic mass is 10.2. The van der Waals surface area contributed by atoms with Crippen molar-refractivity contribution in [3.05, 3.63) is 64.1 Å². The number of halogens is 6. The van der Waals surface area contributed by atoms with Crippen LogP contribution in [0.3, 0.4) is 0 Å². The Morgan fingerprint density at radius 2 is 1.40 bits per heavy atom. The van der Waals surface area contributed by atoms with Crippen LogP contribution in [-0.2, 0) is 0 Å². The van der Waals surface area contributed by atoms with Crippen molar-refractivity contribution >= 4 is 34.4 Å². The smallest absolute Gasteiger partial charge is 0.200 e. The molecular formula is C15H6ClF5N4. The number of rotatable bonds is 3. The van der Waals surface area contributed by atoms with Gasteiger partial charge in [0, 0.05) is 10.8 Å². The van der Waals surface area contributed by atoms with E-state index in [4.69, 9.17) is 11.6 Å². The number of hydrogen-bond donors (Lipinski definition) is 1. The fraction of sp³-hybridized carbons (Fsp3) is 0. The fourth-order valence-corrected chi connectivity index (χ4v) is 2.25. The molecule has 1 aromatic heterocycles. The van der Waals surface area contributed by atoms with E-state index in [1.54, 1.807) is 24.3 Å². The third-order valence-corrected chi connectivity index (χ3v) is 3.53. The number of aromatic nitrogens is 2. The van der Waals surface area contributed by atoms with E-state index in [9.17, 15) is 22.0 Å². The van der Waals surface area contributed by atoms with Crippen LogP contribution in [0.4, 0.5) is 27.8 Å². The van der Waals surface area contributed by atoms with Crippen LogP contribution < -0.4 is 5.43 Å². The van der Waals surface area contributed by atoms with E-state index in [0.717, 1.165) is 0 Å². The molecule has 2 aromatic carbocycles. The van der Waals surface area contributed by atoms with Crippen molar-refractivity contribution in [3.63, 3.8) is 0 Å². The molecule has 25 heavy (non-hydrogen) atoms. The summed E-state index contributed by atoms with van der Waals surface area (Å²) in [6.07, 6.45) is 0.460. The second-order valence-corrected chi connectivity index (χ2v) is 5.10. The number of hydrazone groups is 1. The molecule has 3 aromatic rings. The first-order valence-electron chi connectivity index (χ1n) is 6.63. The topological polar surface area (TPSA) is 50.2 Å². The molecule has 128 valence electrons. The molecule has 4 nitrogen and oxygen atoms in total. The number of nitrogens with one attached hydrogen (secondary N) is 1. The summed E-state index contributed by atoms with van der Waals surface area (Å²) >= 11 is 5.89. The van der Waals surface area contributed by atoms with E-state index in [2.05, 4.69) is 20.7 Å². The summed E-state index contributed by atoms with van der Waals surface area (Å²) in [5.74, 6) is -10.3. The van der Waals surface area contributed by atoms with E-state index in [1.807, 2.05) is 0 Å². The molecule has 10 heteroatoms. The van der Waals surface area contributed by atoms with Crippen molar-refractivity contribution in [1.82, 2.24) is 10.2 Å². The Balaban J connectivity index is 1.97. The molecular weight excluding hydrogens is 367 g/mol. The van der Waals surface area contributed by atoms with Gasteiger partial charge in [-0.25, -0.2) is 22.0 Å². The van der Waals surface area contributed by atoms with E-state index >= 15 is 0 Å². The van der Waals surface area contributed by atoms with Gasteiger partial charge in [0.05, 0.1) is 11.8 Å². The second-order valence-electron chi connectivity index (χ2n) is 4.74. The first-order valence-corrected chi connectivity index (χ1v) is 7.01. The lowest BCUT2D eigenvalue weighted by Crippen LogP contribution is -2.07. The van der Waals surface area contributed by atoms with Gasteiger partial charge in [-0.05, 0) is 0 Å². The summed E-state index contributed by atoms with van der Waals surface area (Å²) in [6.45, 7) is 0. The van der Waals surface area contributed by atoms with Crippen LogP contribution in [0.2, 0.25) is 5.15 Å². The summed E-state index contributed by atoms with van der Waals surface area (Å²) < 4.78 is 66.3. The minimum atomic E-state index is -2.24. The minimum Gasteiger partial charge on any atom is -0.259 e. The molecule has 0 radical (unpaired) electrons. The average molecular weight is 373 g/mol. The Bertz CT molecular complexity index is 980. The summed E-state index contributed by atoms with van der Waals surface area (Å²) in [7, 11) is 0. The van der Waals surface area contributed by atoms with Crippen molar-refractivity contribution in [2.45, 2.75) is 0 Å². The zero-order valence-electron chi connectivity index (χ0n) is 12.0. The maximum absolute atomic E-state index is 13.5. The van der Waals surface area contributed by atoms with Crippen LogP contribution in [0.15, 0.2) is 29.4 Å². The second kappa shape index (κ2) is 6.60. The number of benzene rings is 2.